The van der Waals surface area contributed by atoms with E-state index in [0.717, 1.165) is 13.0 Å². The first-order valence-corrected chi connectivity index (χ1v) is 12.4. The van der Waals surface area contributed by atoms with Gasteiger partial charge in [0.25, 0.3) is 0 Å². The lowest BCUT2D eigenvalue weighted by Gasteiger charge is -2.32. The maximum atomic E-state index is 7.32. The Hall–Kier alpha value is -1.82. The number of halogens is 1. The van der Waals surface area contributed by atoms with Crippen molar-refractivity contribution in [3.8, 4) is 6.07 Å². The SMILES string of the molecule is CC#N.CCCN(CCc1ccccc1)C(CC)CCc1ccc(C2CCC2Cl)cc1. The molecule has 1 saturated carbocycles. The molecular formula is C28H39ClN2. The lowest BCUT2D eigenvalue weighted by Crippen LogP contribution is -2.37. The van der Waals surface area contributed by atoms with E-state index in [0.29, 0.717) is 17.3 Å². The van der Waals surface area contributed by atoms with Gasteiger partial charge in [-0.2, -0.15) is 5.26 Å². The van der Waals surface area contributed by atoms with E-state index in [-0.39, 0.29) is 0 Å². The van der Waals surface area contributed by atoms with E-state index >= 15 is 0 Å². The van der Waals surface area contributed by atoms with Gasteiger partial charge in [0.2, 0.25) is 0 Å². The number of nitriles is 1. The standard InChI is InChI=1S/C26H36ClN.C2H3N/c1-3-19-28(20-18-21-8-6-5-7-9-21)24(4-2)15-12-22-10-13-23(14-11-22)25-16-17-26(25)27;1-2-3/h5-11,13-14,24-26H,3-4,12,15-20H2,1-2H3;1H3. The highest BCUT2D eigenvalue weighted by Gasteiger charge is 2.29. The summed E-state index contributed by atoms with van der Waals surface area (Å²) in [4.78, 5) is 2.72. The van der Waals surface area contributed by atoms with Crippen LogP contribution in [0.5, 0.6) is 0 Å². The Kier molecular flexibility index (Phi) is 11.7. The molecule has 2 aromatic rings. The van der Waals surface area contributed by atoms with Crippen molar-refractivity contribution >= 4 is 11.6 Å². The van der Waals surface area contributed by atoms with E-state index in [1.165, 1.54) is 68.7 Å². The Morgan fingerprint density at radius 2 is 1.61 bits per heavy atom. The number of rotatable bonds is 11. The Bertz CT molecular complexity index is 766. The lowest BCUT2D eigenvalue weighted by atomic mass is 9.79. The molecule has 31 heavy (non-hydrogen) atoms. The average Bonchev–Trinajstić information content (AvgIpc) is 2.79. The molecule has 2 nitrogen and oxygen atoms in total. The van der Waals surface area contributed by atoms with Crippen molar-refractivity contribution < 1.29 is 0 Å². The molecule has 2 aromatic carbocycles. The van der Waals surface area contributed by atoms with Crippen molar-refractivity contribution in [2.24, 2.45) is 0 Å². The van der Waals surface area contributed by atoms with E-state index in [1.54, 1.807) is 6.07 Å². The van der Waals surface area contributed by atoms with Crippen LogP contribution < -0.4 is 0 Å². The summed E-state index contributed by atoms with van der Waals surface area (Å²) in [6, 6.07) is 22.6. The van der Waals surface area contributed by atoms with Crippen molar-refractivity contribution in [2.75, 3.05) is 13.1 Å². The second kappa shape index (κ2) is 14.3. The monoisotopic (exact) mass is 438 g/mol. The smallest absolute Gasteiger partial charge is 0.0587 e. The largest absolute Gasteiger partial charge is 0.300 e. The molecule has 168 valence electrons. The summed E-state index contributed by atoms with van der Waals surface area (Å²) in [6.45, 7) is 8.43. The summed E-state index contributed by atoms with van der Waals surface area (Å²) in [6.07, 6.45) is 8.42. The minimum absolute atomic E-state index is 0.350. The molecule has 0 heterocycles. The first-order valence-electron chi connectivity index (χ1n) is 11.9. The zero-order valence-corrected chi connectivity index (χ0v) is 20.3. The predicted molar refractivity (Wildman–Crippen MR) is 134 cm³/mol. The quantitative estimate of drug-likeness (QED) is 0.342. The summed E-state index contributed by atoms with van der Waals surface area (Å²) in [5, 5.41) is 7.67. The second-order valence-corrected chi connectivity index (χ2v) is 9.10. The Labute approximate surface area is 195 Å². The molecule has 0 aromatic heterocycles. The average molecular weight is 439 g/mol. The van der Waals surface area contributed by atoms with Gasteiger partial charge in [0.05, 0.1) is 6.07 Å². The van der Waals surface area contributed by atoms with Crippen molar-refractivity contribution in [1.82, 2.24) is 4.90 Å². The van der Waals surface area contributed by atoms with E-state index in [1.807, 2.05) is 0 Å². The first-order chi connectivity index (χ1) is 15.1. The van der Waals surface area contributed by atoms with E-state index in [9.17, 15) is 0 Å². The van der Waals surface area contributed by atoms with Crippen LogP contribution in [0.25, 0.3) is 0 Å². The molecule has 1 fully saturated rings. The highest BCUT2D eigenvalue weighted by Crippen LogP contribution is 2.40. The molecule has 3 heteroatoms. The summed E-state index contributed by atoms with van der Waals surface area (Å²) in [5.74, 6) is 0.581. The van der Waals surface area contributed by atoms with Crippen LogP contribution in [0.4, 0.5) is 0 Å². The van der Waals surface area contributed by atoms with Crippen LogP contribution in [-0.2, 0) is 12.8 Å². The summed E-state index contributed by atoms with van der Waals surface area (Å²) in [7, 11) is 0. The molecule has 0 bridgehead atoms. The van der Waals surface area contributed by atoms with Crippen molar-refractivity contribution in [3.63, 3.8) is 0 Å². The first kappa shape index (κ1) is 25.4. The van der Waals surface area contributed by atoms with Gasteiger partial charge in [0.1, 0.15) is 0 Å². The molecule has 0 aliphatic heterocycles. The molecule has 0 N–H and O–H groups in total. The molecular weight excluding hydrogens is 400 g/mol. The number of nitrogens with zero attached hydrogens (tertiary/aromatic N) is 2. The normalized spacial score (nSPS) is 18.5. The Balaban J connectivity index is 0.00000107. The predicted octanol–water partition coefficient (Wildman–Crippen LogP) is 7.37. The van der Waals surface area contributed by atoms with Gasteiger partial charge in [-0.15, -0.1) is 11.6 Å². The fourth-order valence-electron chi connectivity index (χ4n) is 4.43. The topological polar surface area (TPSA) is 27.0 Å². The molecule has 1 aliphatic rings. The van der Waals surface area contributed by atoms with E-state index in [2.05, 4.69) is 73.3 Å². The van der Waals surface area contributed by atoms with Crippen LogP contribution in [0.2, 0.25) is 0 Å². The zero-order chi connectivity index (χ0) is 22.5. The van der Waals surface area contributed by atoms with Crippen LogP contribution in [0.3, 0.4) is 0 Å². The van der Waals surface area contributed by atoms with E-state index in [4.69, 9.17) is 16.9 Å². The van der Waals surface area contributed by atoms with Gasteiger partial charge in [0.15, 0.2) is 0 Å². The highest BCUT2D eigenvalue weighted by molar-refractivity contribution is 6.21. The van der Waals surface area contributed by atoms with E-state index < -0.39 is 0 Å². The van der Waals surface area contributed by atoms with Crippen LogP contribution >= 0.6 is 11.6 Å². The van der Waals surface area contributed by atoms with Crippen LogP contribution in [0, 0.1) is 11.3 Å². The Morgan fingerprint density at radius 3 is 2.13 bits per heavy atom. The van der Waals surface area contributed by atoms with Gasteiger partial charge in [-0.05, 0) is 68.2 Å². The fraction of sp³-hybridized carbons (Fsp3) is 0.536. The van der Waals surface area contributed by atoms with Gasteiger partial charge in [-0.3, -0.25) is 0 Å². The molecule has 3 atom stereocenters. The third-order valence-electron chi connectivity index (χ3n) is 6.39. The summed E-state index contributed by atoms with van der Waals surface area (Å²) < 4.78 is 0. The maximum absolute atomic E-state index is 7.32. The lowest BCUT2D eigenvalue weighted by molar-refractivity contribution is 0.183. The Morgan fingerprint density at radius 1 is 0.968 bits per heavy atom. The van der Waals surface area contributed by atoms with Crippen molar-refractivity contribution in [3.05, 3.63) is 71.3 Å². The number of aryl methyl sites for hydroxylation is 1. The zero-order valence-electron chi connectivity index (χ0n) is 19.6. The van der Waals surface area contributed by atoms with Gasteiger partial charge in [-0.1, -0.05) is 68.4 Å². The number of benzene rings is 2. The summed E-state index contributed by atoms with van der Waals surface area (Å²) in [5.41, 5.74) is 4.34. The second-order valence-electron chi connectivity index (χ2n) is 8.54. The highest BCUT2D eigenvalue weighted by atomic mass is 35.5. The van der Waals surface area contributed by atoms with Crippen LogP contribution in [0.15, 0.2) is 54.6 Å². The molecule has 0 saturated heterocycles. The minimum atomic E-state index is 0.350. The van der Waals surface area contributed by atoms with Gasteiger partial charge in [-0.25, -0.2) is 0 Å². The molecule has 3 rings (SSSR count). The van der Waals surface area contributed by atoms with Gasteiger partial charge in [0, 0.05) is 30.8 Å². The minimum Gasteiger partial charge on any atom is -0.300 e. The van der Waals surface area contributed by atoms with Gasteiger partial charge < -0.3 is 4.90 Å². The molecule has 0 spiro atoms. The van der Waals surface area contributed by atoms with Crippen LogP contribution in [-0.4, -0.2) is 29.4 Å². The van der Waals surface area contributed by atoms with Gasteiger partial charge >= 0.3 is 0 Å². The van der Waals surface area contributed by atoms with Crippen molar-refractivity contribution in [2.45, 2.75) is 83.1 Å². The number of hydrogen-bond donors (Lipinski definition) is 0. The molecule has 0 amide bonds. The summed E-state index contributed by atoms with van der Waals surface area (Å²) >= 11 is 6.34. The number of hydrogen-bond acceptors (Lipinski definition) is 2. The number of alkyl halides is 1. The van der Waals surface area contributed by atoms with Crippen molar-refractivity contribution in [1.29, 1.82) is 5.26 Å². The third-order valence-corrected chi connectivity index (χ3v) is 6.92. The molecule has 1 aliphatic carbocycles. The molecule has 0 radical (unpaired) electrons. The maximum Gasteiger partial charge on any atom is 0.0587 e. The van der Waals surface area contributed by atoms with Crippen LogP contribution in [0.1, 0.15) is 75.5 Å². The fourth-order valence-corrected chi connectivity index (χ4v) is 4.82. The molecule has 3 unspecified atom stereocenters. The third kappa shape index (κ3) is 8.32.